The lowest BCUT2D eigenvalue weighted by Gasteiger charge is -2.29. The molecule has 1 fully saturated rings. The van der Waals surface area contributed by atoms with Crippen LogP contribution < -0.4 is 5.32 Å². The highest BCUT2D eigenvalue weighted by atomic mass is 32.1. The van der Waals surface area contributed by atoms with Crippen molar-refractivity contribution >= 4 is 17.3 Å². The van der Waals surface area contributed by atoms with Crippen LogP contribution in [0.4, 0.5) is 0 Å². The molecule has 0 aromatic carbocycles. The van der Waals surface area contributed by atoms with E-state index in [0.717, 1.165) is 17.4 Å². The van der Waals surface area contributed by atoms with E-state index in [1.54, 1.807) is 0 Å². The van der Waals surface area contributed by atoms with Gasteiger partial charge in [-0.25, -0.2) is 0 Å². The van der Waals surface area contributed by atoms with Crippen molar-refractivity contribution in [2.75, 3.05) is 13.2 Å². The Morgan fingerprint density at radius 1 is 1.29 bits per heavy atom. The lowest BCUT2D eigenvalue weighted by atomic mass is 10.0. The smallest absolute Gasteiger partial charge is 0.170 e. The van der Waals surface area contributed by atoms with E-state index in [1.807, 2.05) is 24.4 Å². The van der Waals surface area contributed by atoms with Crippen molar-refractivity contribution in [3.63, 3.8) is 0 Å². The summed E-state index contributed by atoms with van der Waals surface area (Å²) < 4.78 is 2.28. The number of rotatable bonds is 6. The fourth-order valence-corrected chi connectivity index (χ4v) is 3.67. The van der Waals surface area contributed by atoms with Crippen molar-refractivity contribution in [1.82, 2.24) is 19.8 Å². The van der Waals surface area contributed by atoms with Crippen LogP contribution in [0, 0.1) is 0 Å². The zero-order valence-corrected chi connectivity index (χ0v) is 14.9. The van der Waals surface area contributed by atoms with Gasteiger partial charge < -0.3 is 19.9 Å². The van der Waals surface area contributed by atoms with Crippen LogP contribution in [0.25, 0.3) is 0 Å². The quantitative estimate of drug-likeness (QED) is 0.789. The molecule has 3 rings (SSSR count). The van der Waals surface area contributed by atoms with Gasteiger partial charge in [0.25, 0.3) is 0 Å². The normalized spacial score (nSPS) is 20.7. The summed E-state index contributed by atoms with van der Waals surface area (Å²) >= 11 is 5.59. The molecule has 2 aromatic heterocycles. The van der Waals surface area contributed by atoms with Gasteiger partial charge in [-0.2, -0.15) is 0 Å². The van der Waals surface area contributed by atoms with E-state index < -0.39 is 0 Å². The van der Waals surface area contributed by atoms with E-state index in [4.69, 9.17) is 12.2 Å². The van der Waals surface area contributed by atoms with Crippen molar-refractivity contribution in [2.45, 2.75) is 38.4 Å². The maximum atomic E-state index is 9.25. The average Bonchev–Trinajstić information content (AvgIpc) is 3.18. The number of thiocarbonyl (C=S) groups is 1. The summed E-state index contributed by atoms with van der Waals surface area (Å²) in [6, 6.07) is 10.6. The van der Waals surface area contributed by atoms with E-state index in [0.29, 0.717) is 12.5 Å². The van der Waals surface area contributed by atoms with Crippen LogP contribution in [-0.2, 0) is 0 Å². The number of nitrogens with one attached hydrogen (secondary N) is 1. The molecule has 0 saturated carbocycles. The van der Waals surface area contributed by atoms with Crippen LogP contribution in [0.1, 0.15) is 49.8 Å². The summed E-state index contributed by atoms with van der Waals surface area (Å²) in [5, 5.41) is 13.4. The van der Waals surface area contributed by atoms with Crippen molar-refractivity contribution in [3.05, 3.63) is 54.1 Å². The molecule has 0 aliphatic carbocycles. The molecular formula is C18H24N4OS. The second kappa shape index (κ2) is 7.32. The minimum absolute atomic E-state index is 0.00444. The summed E-state index contributed by atoms with van der Waals surface area (Å²) in [7, 11) is 0. The minimum atomic E-state index is 0.00444. The molecule has 2 atom stereocenters. The average molecular weight is 344 g/mol. The Labute approximate surface area is 148 Å². The van der Waals surface area contributed by atoms with Gasteiger partial charge in [-0.3, -0.25) is 4.98 Å². The van der Waals surface area contributed by atoms with E-state index in [-0.39, 0.29) is 18.7 Å². The van der Waals surface area contributed by atoms with Gasteiger partial charge in [0.2, 0.25) is 0 Å². The van der Waals surface area contributed by atoms with E-state index in [9.17, 15) is 5.11 Å². The molecule has 5 nitrogen and oxygen atoms in total. The lowest BCUT2D eigenvalue weighted by molar-refractivity contribution is 0.242. The molecule has 2 aromatic rings. The standard InChI is InChI=1S/C18H24N4OS/c1-13(2)21-10-5-8-15(21)17-16(14-7-3-4-9-19-14)20-18(24)22(17)11-6-12-23/h3-5,7-10,13,16-17,23H,6,11-12H2,1-2H3,(H,20,24)/t16-,17+/m0/s1. The zero-order chi connectivity index (χ0) is 17.1. The predicted octanol–water partition coefficient (Wildman–Crippen LogP) is 2.82. The Kier molecular flexibility index (Phi) is 5.16. The summed E-state index contributed by atoms with van der Waals surface area (Å²) in [6.45, 7) is 5.24. The fraction of sp³-hybridized carbons (Fsp3) is 0.444. The number of aliphatic hydroxyl groups excluding tert-OH is 1. The number of hydrogen-bond acceptors (Lipinski definition) is 3. The summed E-state index contributed by atoms with van der Waals surface area (Å²) in [6.07, 6.45) is 4.62. The SMILES string of the molecule is CC(C)n1cccc1[C@@H]1[C@H](c2ccccn2)NC(=S)N1CCCO. The van der Waals surface area contributed by atoms with Crippen molar-refractivity contribution in [2.24, 2.45) is 0 Å². The highest BCUT2D eigenvalue weighted by Crippen LogP contribution is 2.39. The molecule has 0 spiro atoms. The molecule has 0 amide bonds. The van der Waals surface area contributed by atoms with Crippen molar-refractivity contribution < 1.29 is 5.11 Å². The van der Waals surface area contributed by atoms with Crippen LogP contribution in [-0.4, -0.2) is 37.8 Å². The van der Waals surface area contributed by atoms with Crippen LogP contribution in [0.15, 0.2) is 42.7 Å². The predicted molar refractivity (Wildman–Crippen MR) is 98.7 cm³/mol. The first kappa shape index (κ1) is 16.9. The molecule has 128 valence electrons. The third-order valence-corrected chi connectivity index (χ3v) is 4.78. The van der Waals surface area contributed by atoms with Crippen LogP contribution in [0.3, 0.4) is 0 Å². The molecule has 1 aliphatic rings. The van der Waals surface area contributed by atoms with Gasteiger partial charge in [0.15, 0.2) is 5.11 Å². The van der Waals surface area contributed by atoms with Gasteiger partial charge in [0.05, 0.1) is 17.8 Å². The van der Waals surface area contributed by atoms with Crippen molar-refractivity contribution in [1.29, 1.82) is 0 Å². The van der Waals surface area contributed by atoms with Gasteiger partial charge in [-0.05, 0) is 56.8 Å². The number of aliphatic hydroxyl groups is 1. The molecule has 24 heavy (non-hydrogen) atoms. The second-order valence-corrected chi connectivity index (χ2v) is 6.72. The summed E-state index contributed by atoms with van der Waals surface area (Å²) in [5.74, 6) is 0. The van der Waals surface area contributed by atoms with Gasteiger partial charge in [-0.15, -0.1) is 0 Å². The highest BCUT2D eigenvalue weighted by Gasteiger charge is 2.40. The maximum absolute atomic E-state index is 9.25. The Morgan fingerprint density at radius 3 is 2.79 bits per heavy atom. The topological polar surface area (TPSA) is 53.3 Å². The summed E-state index contributed by atoms with van der Waals surface area (Å²) in [5.41, 5.74) is 2.19. The van der Waals surface area contributed by atoms with Crippen molar-refractivity contribution in [3.8, 4) is 0 Å². The first-order valence-corrected chi connectivity index (χ1v) is 8.80. The van der Waals surface area contributed by atoms with Gasteiger partial charge in [-0.1, -0.05) is 6.07 Å². The lowest BCUT2D eigenvalue weighted by Crippen LogP contribution is -2.32. The number of pyridine rings is 1. The van der Waals surface area contributed by atoms with Gasteiger partial charge in [0.1, 0.15) is 0 Å². The molecule has 2 N–H and O–H groups in total. The van der Waals surface area contributed by atoms with E-state index in [1.165, 1.54) is 5.69 Å². The zero-order valence-electron chi connectivity index (χ0n) is 14.1. The monoisotopic (exact) mass is 344 g/mol. The molecule has 0 radical (unpaired) electrons. The molecule has 1 saturated heterocycles. The van der Waals surface area contributed by atoms with Crippen LogP contribution in [0.2, 0.25) is 0 Å². The van der Waals surface area contributed by atoms with Crippen LogP contribution in [0.5, 0.6) is 0 Å². The Balaban J connectivity index is 2.02. The maximum Gasteiger partial charge on any atom is 0.170 e. The molecule has 6 heteroatoms. The number of aromatic nitrogens is 2. The molecule has 1 aliphatic heterocycles. The molecular weight excluding hydrogens is 320 g/mol. The first-order valence-electron chi connectivity index (χ1n) is 8.39. The fourth-order valence-electron chi connectivity index (χ4n) is 3.34. The largest absolute Gasteiger partial charge is 0.396 e. The highest BCUT2D eigenvalue weighted by molar-refractivity contribution is 7.80. The van der Waals surface area contributed by atoms with Crippen LogP contribution >= 0.6 is 12.2 Å². The van der Waals surface area contributed by atoms with E-state index >= 15 is 0 Å². The minimum Gasteiger partial charge on any atom is -0.396 e. The molecule has 0 bridgehead atoms. The molecule has 0 unspecified atom stereocenters. The Bertz CT molecular complexity index is 685. The Hall–Kier alpha value is -1.92. The first-order chi connectivity index (χ1) is 11.6. The number of nitrogens with zero attached hydrogens (tertiary/aromatic N) is 3. The summed E-state index contributed by atoms with van der Waals surface area (Å²) in [4.78, 5) is 6.72. The Morgan fingerprint density at radius 2 is 2.12 bits per heavy atom. The third kappa shape index (κ3) is 3.16. The van der Waals surface area contributed by atoms with E-state index in [2.05, 4.69) is 51.9 Å². The third-order valence-electron chi connectivity index (χ3n) is 4.43. The van der Waals surface area contributed by atoms with Gasteiger partial charge in [0, 0.05) is 37.3 Å². The van der Waals surface area contributed by atoms with Gasteiger partial charge >= 0.3 is 0 Å². The molecule has 3 heterocycles. The number of hydrogen-bond donors (Lipinski definition) is 2. The second-order valence-electron chi connectivity index (χ2n) is 6.33.